The summed E-state index contributed by atoms with van der Waals surface area (Å²) in [5.74, 6) is 3.18. The Labute approximate surface area is 212 Å². The van der Waals surface area contributed by atoms with Gasteiger partial charge < -0.3 is 14.5 Å². The molecule has 3 aromatic heterocycles. The number of piperidine rings is 1. The van der Waals surface area contributed by atoms with E-state index >= 15 is 0 Å². The van der Waals surface area contributed by atoms with Crippen LogP contribution in [0.4, 0.5) is 5.82 Å². The molecular formula is C26H37N7OS. The molecule has 0 aromatic carbocycles. The van der Waals surface area contributed by atoms with Crippen molar-refractivity contribution in [3.63, 3.8) is 0 Å². The van der Waals surface area contributed by atoms with E-state index in [-0.39, 0.29) is 0 Å². The normalized spacial score (nSPS) is 18.3. The van der Waals surface area contributed by atoms with Crippen molar-refractivity contribution in [2.75, 3.05) is 57.9 Å². The summed E-state index contributed by atoms with van der Waals surface area (Å²) in [7, 11) is 2.27. The lowest BCUT2D eigenvalue weighted by atomic mass is 10.0. The fourth-order valence-corrected chi connectivity index (χ4v) is 6.28. The van der Waals surface area contributed by atoms with Crippen molar-refractivity contribution < 1.29 is 4.74 Å². The average Bonchev–Trinajstić information content (AvgIpc) is 3.26. The molecule has 5 heterocycles. The zero-order valence-corrected chi connectivity index (χ0v) is 22.2. The summed E-state index contributed by atoms with van der Waals surface area (Å²) in [6.07, 6.45) is 6.12. The number of fused-ring (bicyclic) bond motifs is 1. The molecule has 188 valence electrons. The molecule has 0 amide bonds. The minimum atomic E-state index is 0.633. The Kier molecular flexibility index (Phi) is 7.57. The zero-order valence-electron chi connectivity index (χ0n) is 21.4. The third-order valence-electron chi connectivity index (χ3n) is 6.96. The minimum Gasteiger partial charge on any atom is -0.378 e. The van der Waals surface area contributed by atoms with Crippen LogP contribution in [0.5, 0.6) is 0 Å². The van der Waals surface area contributed by atoms with Gasteiger partial charge in [-0.15, -0.1) is 11.3 Å². The third kappa shape index (κ3) is 5.80. The SMILES string of the molecule is Cc1ncc(-c2nc(N3CCOCC3)c3sc(CN(C)C4CCN(CC(C)C)CC4)cc3n2)cn1. The Morgan fingerprint density at radius 3 is 2.49 bits per heavy atom. The predicted octanol–water partition coefficient (Wildman–Crippen LogP) is 3.85. The first-order chi connectivity index (χ1) is 17.0. The van der Waals surface area contributed by atoms with E-state index in [1.54, 1.807) is 0 Å². The van der Waals surface area contributed by atoms with Gasteiger partial charge in [0.1, 0.15) is 5.82 Å². The lowest BCUT2D eigenvalue weighted by Crippen LogP contribution is -2.44. The lowest BCUT2D eigenvalue weighted by molar-refractivity contribution is 0.116. The van der Waals surface area contributed by atoms with Gasteiger partial charge in [-0.05, 0) is 51.9 Å². The van der Waals surface area contributed by atoms with E-state index in [1.165, 1.54) is 42.1 Å². The van der Waals surface area contributed by atoms with Crippen LogP contribution >= 0.6 is 11.3 Å². The van der Waals surface area contributed by atoms with E-state index in [1.807, 2.05) is 30.7 Å². The number of aryl methyl sites for hydroxylation is 1. The van der Waals surface area contributed by atoms with Gasteiger partial charge in [0.25, 0.3) is 0 Å². The first-order valence-corrected chi connectivity index (χ1v) is 13.6. The topological polar surface area (TPSA) is 70.5 Å². The molecular weight excluding hydrogens is 458 g/mol. The van der Waals surface area contributed by atoms with Crippen molar-refractivity contribution in [2.45, 2.75) is 46.2 Å². The minimum absolute atomic E-state index is 0.633. The van der Waals surface area contributed by atoms with Crippen molar-refractivity contribution in [1.82, 2.24) is 29.7 Å². The van der Waals surface area contributed by atoms with E-state index in [2.05, 4.69) is 51.6 Å². The molecule has 2 aliphatic heterocycles. The fraction of sp³-hybridized carbons (Fsp3) is 0.615. The predicted molar refractivity (Wildman–Crippen MR) is 142 cm³/mol. The molecule has 8 nitrogen and oxygen atoms in total. The molecule has 0 saturated carbocycles. The van der Waals surface area contributed by atoms with E-state index in [0.29, 0.717) is 11.9 Å². The summed E-state index contributed by atoms with van der Waals surface area (Å²) in [5, 5.41) is 0. The molecule has 5 rings (SSSR count). The lowest BCUT2D eigenvalue weighted by Gasteiger charge is -2.37. The molecule has 2 aliphatic rings. The number of morpholine rings is 1. The highest BCUT2D eigenvalue weighted by molar-refractivity contribution is 7.19. The van der Waals surface area contributed by atoms with E-state index < -0.39 is 0 Å². The van der Waals surface area contributed by atoms with Gasteiger partial charge in [0.2, 0.25) is 0 Å². The number of anilines is 1. The number of ether oxygens (including phenoxy) is 1. The van der Waals surface area contributed by atoms with E-state index in [0.717, 1.165) is 61.5 Å². The van der Waals surface area contributed by atoms with Crippen LogP contribution in [-0.2, 0) is 11.3 Å². The molecule has 0 radical (unpaired) electrons. The van der Waals surface area contributed by atoms with Crippen LogP contribution in [0.15, 0.2) is 18.5 Å². The first kappa shape index (κ1) is 24.5. The molecule has 0 N–H and O–H groups in total. The Bertz CT molecular complexity index is 1120. The molecule has 0 aliphatic carbocycles. The van der Waals surface area contributed by atoms with Gasteiger partial charge in [0.15, 0.2) is 11.6 Å². The zero-order chi connectivity index (χ0) is 24.4. The van der Waals surface area contributed by atoms with Crippen molar-refractivity contribution >= 4 is 27.4 Å². The summed E-state index contributed by atoms with van der Waals surface area (Å²) in [5.41, 5.74) is 1.86. The summed E-state index contributed by atoms with van der Waals surface area (Å²) < 4.78 is 6.77. The molecule has 3 aromatic rings. The summed E-state index contributed by atoms with van der Waals surface area (Å²) in [4.78, 5) is 27.5. The highest BCUT2D eigenvalue weighted by Gasteiger charge is 2.25. The number of hydrogen-bond donors (Lipinski definition) is 0. The first-order valence-electron chi connectivity index (χ1n) is 12.8. The maximum absolute atomic E-state index is 5.60. The average molecular weight is 496 g/mol. The number of likely N-dealkylation sites (tertiary alicyclic amines) is 1. The number of thiophene rings is 1. The smallest absolute Gasteiger partial charge is 0.165 e. The Balaban J connectivity index is 1.38. The largest absolute Gasteiger partial charge is 0.378 e. The molecule has 0 atom stereocenters. The third-order valence-corrected chi connectivity index (χ3v) is 8.07. The monoisotopic (exact) mass is 495 g/mol. The van der Waals surface area contributed by atoms with Crippen LogP contribution in [0.25, 0.3) is 21.6 Å². The molecule has 0 spiro atoms. The van der Waals surface area contributed by atoms with Gasteiger partial charge in [0, 0.05) is 49.5 Å². The Hall–Kier alpha value is -2.20. The maximum atomic E-state index is 5.60. The Morgan fingerprint density at radius 1 is 1.09 bits per heavy atom. The number of rotatable bonds is 7. The Morgan fingerprint density at radius 2 is 1.80 bits per heavy atom. The van der Waals surface area contributed by atoms with Gasteiger partial charge in [-0.25, -0.2) is 19.9 Å². The van der Waals surface area contributed by atoms with Crippen molar-refractivity contribution in [2.24, 2.45) is 5.92 Å². The molecule has 2 fully saturated rings. The van der Waals surface area contributed by atoms with Crippen LogP contribution in [0.2, 0.25) is 0 Å². The summed E-state index contributed by atoms with van der Waals surface area (Å²) in [6, 6.07) is 2.89. The van der Waals surface area contributed by atoms with Crippen molar-refractivity contribution in [3.8, 4) is 11.4 Å². The summed E-state index contributed by atoms with van der Waals surface area (Å²) in [6.45, 7) is 14.2. The second-order valence-electron chi connectivity index (χ2n) is 10.3. The van der Waals surface area contributed by atoms with Crippen molar-refractivity contribution in [1.29, 1.82) is 0 Å². The fourth-order valence-electron chi connectivity index (χ4n) is 5.10. The van der Waals surface area contributed by atoms with Gasteiger partial charge in [-0.1, -0.05) is 13.8 Å². The number of nitrogens with zero attached hydrogens (tertiary/aromatic N) is 7. The van der Waals surface area contributed by atoms with Crippen molar-refractivity contribution in [3.05, 3.63) is 29.2 Å². The van der Waals surface area contributed by atoms with Crippen LogP contribution in [0.1, 0.15) is 37.4 Å². The van der Waals surface area contributed by atoms with E-state index in [4.69, 9.17) is 14.7 Å². The number of aromatic nitrogens is 4. The highest BCUT2D eigenvalue weighted by atomic mass is 32.1. The molecule has 0 bridgehead atoms. The van der Waals surface area contributed by atoms with Crippen LogP contribution in [-0.4, -0.2) is 88.8 Å². The quantitative estimate of drug-likeness (QED) is 0.490. The highest BCUT2D eigenvalue weighted by Crippen LogP contribution is 2.35. The van der Waals surface area contributed by atoms with Crippen LogP contribution < -0.4 is 4.90 Å². The van der Waals surface area contributed by atoms with Crippen LogP contribution in [0.3, 0.4) is 0 Å². The van der Waals surface area contributed by atoms with Gasteiger partial charge in [-0.3, -0.25) is 4.90 Å². The van der Waals surface area contributed by atoms with Gasteiger partial charge >= 0.3 is 0 Å². The van der Waals surface area contributed by atoms with Gasteiger partial charge in [0.05, 0.1) is 29.0 Å². The molecule has 0 unspecified atom stereocenters. The molecule has 2 saturated heterocycles. The standard InChI is InChI=1S/C26H37N7OS/c1-18(2)16-32-7-5-21(6-8-32)31(4)17-22-13-23-24(35-22)26(33-9-11-34-12-10-33)30-25(29-23)20-14-27-19(3)28-15-20/h13-15,18,21H,5-12,16-17H2,1-4H3. The number of hydrogen-bond acceptors (Lipinski definition) is 9. The van der Waals surface area contributed by atoms with Crippen LogP contribution in [0, 0.1) is 12.8 Å². The molecule has 9 heteroatoms. The molecule has 35 heavy (non-hydrogen) atoms. The van der Waals surface area contributed by atoms with Gasteiger partial charge in [-0.2, -0.15) is 0 Å². The second-order valence-corrected chi connectivity index (χ2v) is 11.4. The second kappa shape index (κ2) is 10.8. The summed E-state index contributed by atoms with van der Waals surface area (Å²) >= 11 is 1.83. The van der Waals surface area contributed by atoms with E-state index in [9.17, 15) is 0 Å². The maximum Gasteiger partial charge on any atom is 0.165 e.